The molecule has 1 N–H and O–H groups in total. The molecule has 3 rings (SSSR count). The number of alkyl halides is 3. The van der Waals surface area contributed by atoms with Gasteiger partial charge < -0.3 is 9.80 Å². The molecular formula is C15H21F3N4O. The predicted molar refractivity (Wildman–Crippen MR) is 80.5 cm³/mol. The zero-order chi connectivity index (χ0) is 16.4. The molecule has 128 valence electrons. The lowest BCUT2D eigenvalue weighted by atomic mass is 10.0. The summed E-state index contributed by atoms with van der Waals surface area (Å²) >= 11 is 0. The minimum Gasteiger partial charge on any atom is -0.342 e. The van der Waals surface area contributed by atoms with E-state index in [1.165, 1.54) is 19.3 Å². The Labute approximate surface area is 132 Å². The van der Waals surface area contributed by atoms with Crippen molar-refractivity contribution in [3.63, 3.8) is 0 Å². The van der Waals surface area contributed by atoms with Crippen molar-refractivity contribution in [3.05, 3.63) is 22.1 Å². The lowest BCUT2D eigenvalue weighted by molar-refractivity contribution is -0.141. The molecule has 0 spiro atoms. The molecule has 1 aromatic rings. The number of anilines is 1. The topological polar surface area (TPSA) is 52.2 Å². The first kappa shape index (κ1) is 16.3. The highest BCUT2D eigenvalue weighted by atomic mass is 19.4. The number of nitrogens with zero attached hydrogens (tertiary/aromatic N) is 3. The van der Waals surface area contributed by atoms with Gasteiger partial charge in [0, 0.05) is 25.2 Å². The van der Waals surface area contributed by atoms with E-state index >= 15 is 0 Å². The van der Waals surface area contributed by atoms with Gasteiger partial charge in [0.15, 0.2) is 5.69 Å². The number of hydrogen-bond acceptors (Lipinski definition) is 4. The van der Waals surface area contributed by atoms with E-state index < -0.39 is 17.4 Å². The number of hydrogen-bond donors (Lipinski definition) is 1. The van der Waals surface area contributed by atoms with Crippen molar-refractivity contribution in [2.75, 3.05) is 31.1 Å². The molecule has 1 aromatic heterocycles. The highest BCUT2D eigenvalue weighted by molar-refractivity contribution is 5.31. The predicted octanol–water partition coefficient (Wildman–Crippen LogP) is 2.24. The van der Waals surface area contributed by atoms with E-state index in [0.717, 1.165) is 25.9 Å². The maximum atomic E-state index is 12.8. The van der Waals surface area contributed by atoms with Crippen LogP contribution in [-0.4, -0.2) is 47.1 Å². The number of nitrogens with one attached hydrogen (secondary N) is 1. The van der Waals surface area contributed by atoms with Crippen LogP contribution in [0.2, 0.25) is 0 Å². The molecule has 0 radical (unpaired) electrons. The quantitative estimate of drug-likeness (QED) is 0.904. The van der Waals surface area contributed by atoms with Gasteiger partial charge >= 0.3 is 6.18 Å². The normalized spacial score (nSPS) is 21.6. The van der Waals surface area contributed by atoms with Crippen LogP contribution in [0, 0.1) is 0 Å². The Morgan fingerprint density at radius 2 is 1.74 bits per heavy atom. The van der Waals surface area contributed by atoms with Crippen LogP contribution >= 0.6 is 0 Å². The van der Waals surface area contributed by atoms with Gasteiger partial charge in [-0.3, -0.25) is 9.78 Å². The molecule has 8 heteroatoms. The molecule has 2 aliphatic heterocycles. The van der Waals surface area contributed by atoms with Crippen LogP contribution in [0.15, 0.2) is 10.9 Å². The van der Waals surface area contributed by atoms with Crippen molar-refractivity contribution in [1.82, 2.24) is 14.9 Å². The third-order valence-corrected chi connectivity index (χ3v) is 4.69. The standard InChI is InChI=1S/C15H21F3N4O/c16-15(17,18)12-10-13(23)20-14(19-12)22-8-4-11(5-9-22)21-6-2-1-3-7-21/h10-11H,1-9H2,(H,19,20,23). The zero-order valence-corrected chi connectivity index (χ0v) is 12.9. The molecule has 5 nitrogen and oxygen atoms in total. The summed E-state index contributed by atoms with van der Waals surface area (Å²) in [7, 11) is 0. The molecule has 0 aliphatic carbocycles. The summed E-state index contributed by atoms with van der Waals surface area (Å²) in [5.41, 5.74) is -1.89. The first-order chi connectivity index (χ1) is 10.9. The molecule has 2 aliphatic rings. The van der Waals surface area contributed by atoms with Gasteiger partial charge in [0.25, 0.3) is 5.56 Å². The number of aromatic nitrogens is 2. The molecular weight excluding hydrogens is 309 g/mol. The van der Waals surface area contributed by atoms with Crippen molar-refractivity contribution >= 4 is 5.95 Å². The fourth-order valence-electron chi connectivity index (χ4n) is 3.47. The molecule has 0 unspecified atom stereocenters. The molecule has 2 saturated heterocycles. The number of likely N-dealkylation sites (tertiary alicyclic amines) is 1. The minimum atomic E-state index is -4.60. The van der Waals surface area contributed by atoms with Gasteiger partial charge in [-0.15, -0.1) is 0 Å². The molecule has 2 fully saturated rings. The number of aromatic amines is 1. The second kappa shape index (κ2) is 6.51. The van der Waals surface area contributed by atoms with Crippen molar-refractivity contribution in [2.24, 2.45) is 0 Å². The first-order valence-electron chi connectivity index (χ1n) is 8.11. The summed E-state index contributed by atoms with van der Waals surface area (Å²) in [4.78, 5) is 21.7. The Morgan fingerprint density at radius 3 is 2.35 bits per heavy atom. The van der Waals surface area contributed by atoms with Crippen LogP contribution in [0.4, 0.5) is 19.1 Å². The van der Waals surface area contributed by atoms with Gasteiger partial charge in [0.05, 0.1) is 0 Å². The summed E-state index contributed by atoms with van der Waals surface area (Å²) in [5, 5.41) is 0. The minimum absolute atomic E-state index is 0.0296. The zero-order valence-electron chi connectivity index (χ0n) is 12.9. The summed E-state index contributed by atoms with van der Waals surface area (Å²) in [6, 6.07) is 0.994. The SMILES string of the molecule is O=c1cc(C(F)(F)F)nc(N2CCC(N3CCCCC3)CC2)[nH]1. The van der Waals surface area contributed by atoms with E-state index in [0.29, 0.717) is 25.2 Å². The van der Waals surface area contributed by atoms with Crippen LogP contribution in [0.25, 0.3) is 0 Å². The van der Waals surface area contributed by atoms with E-state index in [-0.39, 0.29) is 5.95 Å². The Hall–Kier alpha value is -1.57. The fraction of sp³-hybridized carbons (Fsp3) is 0.733. The number of piperidine rings is 2. The van der Waals surface area contributed by atoms with E-state index in [1.54, 1.807) is 4.90 Å². The molecule has 23 heavy (non-hydrogen) atoms. The van der Waals surface area contributed by atoms with Crippen molar-refractivity contribution in [2.45, 2.75) is 44.3 Å². The lowest BCUT2D eigenvalue weighted by Crippen LogP contribution is -2.47. The molecule has 0 aromatic carbocycles. The van der Waals surface area contributed by atoms with Crippen LogP contribution < -0.4 is 10.5 Å². The van der Waals surface area contributed by atoms with Gasteiger partial charge in [0.1, 0.15) is 0 Å². The van der Waals surface area contributed by atoms with Crippen LogP contribution in [0.1, 0.15) is 37.8 Å². The molecule has 0 saturated carbocycles. The van der Waals surface area contributed by atoms with Gasteiger partial charge in [-0.05, 0) is 38.8 Å². The van der Waals surface area contributed by atoms with Crippen molar-refractivity contribution < 1.29 is 13.2 Å². The summed E-state index contributed by atoms with van der Waals surface area (Å²) in [5.74, 6) is 0.0296. The average molecular weight is 330 g/mol. The Kier molecular flexibility index (Phi) is 4.61. The summed E-state index contributed by atoms with van der Waals surface area (Å²) in [6.07, 6.45) is 0.908. The average Bonchev–Trinajstić information content (AvgIpc) is 2.54. The van der Waals surface area contributed by atoms with E-state index in [1.807, 2.05) is 0 Å². The van der Waals surface area contributed by atoms with Gasteiger partial charge in [-0.25, -0.2) is 4.98 Å². The third kappa shape index (κ3) is 3.85. The monoisotopic (exact) mass is 330 g/mol. The van der Waals surface area contributed by atoms with Crippen molar-refractivity contribution in [3.8, 4) is 0 Å². The maximum absolute atomic E-state index is 12.8. The largest absolute Gasteiger partial charge is 0.433 e. The molecule has 0 amide bonds. The Morgan fingerprint density at radius 1 is 1.09 bits per heavy atom. The molecule has 0 atom stereocenters. The highest BCUT2D eigenvalue weighted by Crippen LogP contribution is 2.28. The van der Waals surface area contributed by atoms with Gasteiger partial charge in [-0.2, -0.15) is 13.2 Å². The summed E-state index contributed by atoms with van der Waals surface area (Å²) in [6.45, 7) is 3.46. The van der Waals surface area contributed by atoms with Crippen LogP contribution in [0.3, 0.4) is 0 Å². The first-order valence-corrected chi connectivity index (χ1v) is 8.11. The Bertz CT molecular complexity index is 587. The van der Waals surface area contributed by atoms with E-state index in [9.17, 15) is 18.0 Å². The maximum Gasteiger partial charge on any atom is 0.433 e. The van der Waals surface area contributed by atoms with E-state index in [4.69, 9.17) is 0 Å². The second-order valence-corrected chi connectivity index (χ2v) is 6.27. The molecule has 0 bridgehead atoms. The highest BCUT2D eigenvalue weighted by Gasteiger charge is 2.34. The number of H-pyrrole nitrogens is 1. The van der Waals surface area contributed by atoms with Crippen molar-refractivity contribution in [1.29, 1.82) is 0 Å². The number of rotatable bonds is 2. The van der Waals surface area contributed by atoms with Crippen LogP contribution in [0.5, 0.6) is 0 Å². The fourth-order valence-corrected chi connectivity index (χ4v) is 3.47. The van der Waals surface area contributed by atoms with Gasteiger partial charge in [-0.1, -0.05) is 6.42 Å². The third-order valence-electron chi connectivity index (χ3n) is 4.69. The Balaban J connectivity index is 1.67. The van der Waals surface area contributed by atoms with Gasteiger partial charge in [0.2, 0.25) is 5.95 Å². The summed E-state index contributed by atoms with van der Waals surface area (Å²) < 4.78 is 38.3. The lowest BCUT2D eigenvalue weighted by Gasteiger charge is -2.40. The number of halogens is 3. The second-order valence-electron chi connectivity index (χ2n) is 6.27. The van der Waals surface area contributed by atoms with Crippen LogP contribution in [-0.2, 0) is 6.18 Å². The smallest absolute Gasteiger partial charge is 0.342 e. The molecule has 3 heterocycles. The van der Waals surface area contributed by atoms with E-state index in [2.05, 4.69) is 14.9 Å².